The summed E-state index contributed by atoms with van der Waals surface area (Å²) < 4.78 is 0. The predicted molar refractivity (Wildman–Crippen MR) is 49.7 cm³/mol. The smallest absolute Gasteiger partial charge is 0.0498 e. The van der Waals surface area contributed by atoms with Gasteiger partial charge in [-0.25, -0.2) is 0 Å². The Labute approximate surface area is 70.8 Å². The number of nitrogens with one attached hydrogen (secondary N) is 2. The lowest BCUT2D eigenvalue weighted by atomic mass is 10.2. The standard InChI is InChI=1S/C8H12N2S/c1-10-5-4-7(9)8-3-2-6-11-8/h2-3,6,9-10H,4-5H2,1H3. The van der Waals surface area contributed by atoms with E-state index in [9.17, 15) is 0 Å². The van der Waals surface area contributed by atoms with Crippen LogP contribution in [0.15, 0.2) is 17.5 Å². The summed E-state index contributed by atoms with van der Waals surface area (Å²) in [6.45, 7) is 0.886. The first-order chi connectivity index (χ1) is 5.34. The Morgan fingerprint density at radius 3 is 3.09 bits per heavy atom. The number of hydrogen-bond acceptors (Lipinski definition) is 3. The molecule has 0 aliphatic heterocycles. The average molecular weight is 168 g/mol. The molecule has 1 heterocycles. The highest BCUT2D eigenvalue weighted by Gasteiger charge is 1.99. The van der Waals surface area contributed by atoms with Gasteiger partial charge in [-0.15, -0.1) is 11.3 Å². The Balaban J connectivity index is 2.43. The fourth-order valence-corrected chi connectivity index (χ4v) is 1.53. The van der Waals surface area contributed by atoms with E-state index < -0.39 is 0 Å². The molecule has 0 radical (unpaired) electrons. The van der Waals surface area contributed by atoms with Gasteiger partial charge in [-0.3, -0.25) is 0 Å². The summed E-state index contributed by atoms with van der Waals surface area (Å²) >= 11 is 1.63. The quantitative estimate of drug-likeness (QED) is 0.660. The molecule has 0 saturated carbocycles. The molecule has 0 aromatic carbocycles. The zero-order chi connectivity index (χ0) is 8.10. The molecule has 1 aromatic heterocycles. The molecule has 0 fully saturated rings. The SMILES string of the molecule is CNCCC(=N)c1cccs1. The van der Waals surface area contributed by atoms with Gasteiger partial charge in [0.15, 0.2) is 0 Å². The summed E-state index contributed by atoms with van der Waals surface area (Å²) in [6, 6.07) is 3.97. The van der Waals surface area contributed by atoms with Crippen LogP contribution in [0.5, 0.6) is 0 Å². The maximum atomic E-state index is 7.62. The van der Waals surface area contributed by atoms with Crippen LogP contribution in [0.25, 0.3) is 0 Å². The van der Waals surface area contributed by atoms with E-state index in [0.29, 0.717) is 0 Å². The van der Waals surface area contributed by atoms with Crippen LogP contribution in [0.4, 0.5) is 0 Å². The van der Waals surface area contributed by atoms with E-state index in [1.807, 2.05) is 24.6 Å². The highest BCUT2D eigenvalue weighted by atomic mass is 32.1. The second-order valence-corrected chi connectivity index (χ2v) is 3.26. The van der Waals surface area contributed by atoms with E-state index in [2.05, 4.69) is 5.32 Å². The summed E-state index contributed by atoms with van der Waals surface area (Å²) in [5.74, 6) is 0. The van der Waals surface area contributed by atoms with Crippen LogP contribution >= 0.6 is 11.3 Å². The van der Waals surface area contributed by atoms with Crippen molar-refractivity contribution in [1.29, 1.82) is 5.41 Å². The molecule has 2 N–H and O–H groups in total. The summed E-state index contributed by atoms with van der Waals surface area (Å²) in [7, 11) is 1.90. The van der Waals surface area contributed by atoms with E-state index in [4.69, 9.17) is 5.41 Å². The monoisotopic (exact) mass is 168 g/mol. The molecule has 11 heavy (non-hydrogen) atoms. The van der Waals surface area contributed by atoms with Crippen LogP contribution < -0.4 is 5.32 Å². The molecule has 1 aromatic rings. The van der Waals surface area contributed by atoms with Gasteiger partial charge in [0.2, 0.25) is 0 Å². The van der Waals surface area contributed by atoms with Crippen molar-refractivity contribution in [1.82, 2.24) is 5.32 Å². The van der Waals surface area contributed by atoms with E-state index in [1.54, 1.807) is 11.3 Å². The van der Waals surface area contributed by atoms with Crippen LogP contribution in [-0.4, -0.2) is 19.3 Å². The minimum atomic E-state index is 0.731. The first-order valence-electron chi connectivity index (χ1n) is 3.60. The Morgan fingerprint density at radius 1 is 1.73 bits per heavy atom. The Morgan fingerprint density at radius 2 is 2.55 bits per heavy atom. The Bertz CT molecular complexity index is 216. The summed E-state index contributed by atoms with van der Waals surface area (Å²) in [5.41, 5.74) is 0.731. The molecule has 0 amide bonds. The molecular weight excluding hydrogens is 156 g/mol. The van der Waals surface area contributed by atoms with Gasteiger partial charge in [-0.1, -0.05) is 6.07 Å². The summed E-state index contributed by atoms with van der Waals surface area (Å²) in [5, 5.41) is 12.6. The van der Waals surface area contributed by atoms with Crippen molar-refractivity contribution >= 4 is 17.0 Å². The lowest BCUT2D eigenvalue weighted by Gasteiger charge is -1.98. The maximum absolute atomic E-state index is 7.62. The van der Waals surface area contributed by atoms with Crippen molar-refractivity contribution < 1.29 is 0 Å². The summed E-state index contributed by atoms with van der Waals surface area (Å²) in [4.78, 5) is 1.08. The van der Waals surface area contributed by atoms with Crippen molar-refractivity contribution in [3.8, 4) is 0 Å². The molecule has 0 spiro atoms. The molecule has 0 saturated heterocycles. The number of thiophene rings is 1. The normalized spacial score (nSPS) is 9.91. The first kappa shape index (κ1) is 8.43. The van der Waals surface area contributed by atoms with E-state index in [1.165, 1.54) is 0 Å². The van der Waals surface area contributed by atoms with E-state index >= 15 is 0 Å². The second kappa shape index (κ2) is 4.26. The topological polar surface area (TPSA) is 35.9 Å². The van der Waals surface area contributed by atoms with Gasteiger partial charge in [-0.2, -0.15) is 0 Å². The van der Waals surface area contributed by atoms with Crippen molar-refractivity contribution in [2.75, 3.05) is 13.6 Å². The zero-order valence-electron chi connectivity index (χ0n) is 6.55. The van der Waals surface area contributed by atoms with Gasteiger partial charge in [0, 0.05) is 23.6 Å². The minimum Gasteiger partial charge on any atom is -0.319 e. The molecule has 0 bridgehead atoms. The molecule has 0 atom stereocenters. The number of rotatable bonds is 4. The molecule has 0 aliphatic rings. The Kier molecular flexibility index (Phi) is 3.26. The van der Waals surface area contributed by atoms with Crippen molar-refractivity contribution in [3.63, 3.8) is 0 Å². The fraction of sp³-hybridized carbons (Fsp3) is 0.375. The van der Waals surface area contributed by atoms with Gasteiger partial charge < -0.3 is 10.7 Å². The van der Waals surface area contributed by atoms with Crippen LogP contribution in [0.2, 0.25) is 0 Å². The lowest BCUT2D eigenvalue weighted by molar-refractivity contribution is 0.823. The van der Waals surface area contributed by atoms with Crippen LogP contribution in [0, 0.1) is 5.41 Å². The Hall–Kier alpha value is -0.670. The van der Waals surface area contributed by atoms with Crippen molar-refractivity contribution in [2.45, 2.75) is 6.42 Å². The largest absolute Gasteiger partial charge is 0.319 e. The van der Waals surface area contributed by atoms with E-state index in [-0.39, 0.29) is 0 Å². The molecular formula is C8H12N2S. The maximum Gasteiger partial charge on any atom is 0.0498 e. The first-order valence-corrected chi connectivity index (χ1v) is 4.48. The van der Waals surface area contributed by atoms with Crippen LogP contribution in [0.1, 0.15) is 11.3 Å². The average Bonchev–Trinajstić information content (AvgIpc) is 2.52. The zero-order valence-corrected chi connectivity index (χ0v) is 7.37. The molecule has 0 aliphatic carbocycles. The summed E-state index contributed by atoms with van der Waals surface area (Å²) in [6.07, 6.45) is 0.816. The minimum absolute atomic E-state index is 0.731. The third-order valence-electron chi connectivity index (χ3n) is 1.44. The lowest BCUT2D eigenvalue weighted by Crippen LogP contribution is -2.12. The highest BCUT2D eigenvalue weighted by molar-refractivity contribution is 7.12. The van der Waals surface area contributed by atoms with Crippen LogP contribution in [-0.2, 0) is 0 Å². The van der Waals surface area contributed by atoms with Gasteiger partial charge in [0.25, 0.3) is 0 Å². The van der Waals surface area contributed by atoms with Gasteiger partial charge in [-0.05, 0) is 18.5 Å². The molecule has 1 rings (SSSR count). The third kappa shape index (κ3) is 2.44. The molecule has 0 unspecified atom stereocenters. The second-order valence-electron chi connectivity index (χ2n) is 2.31. The van der Waals surface area contributed by atoms with Crippen molar-refractivity contribution in [2.24, 2.45) is 0 Å². The van der Waals surface area contributed by atoms with Crippen molar-refractivity contribution in [3.05, 3.63) is 22.4 Å². The highest BCUT2D eigenvalue weighted by Crippen LogP contribution is 2.10. The predicted octanol–water partition coefficient (Wildman–Crippen LogP) is 1.73. The van der Waals surface area contributed by atoms with E-state index in [0.717, 1.165) is 23.6 Å². The van der Waals surface area contributed by atoms with Gasteiger partial charge in [0.05, 0.1) is 0 Å². The molecule has 3 heteroatoms. The molecule has 60 valence electrons. The van der Waals surface area contributed by atoms with Gasteiger partial charge >= 0.3 is 0 Å². The van der Waals surface area contributed by atoms with Crippen LogP contribution in [0.3, 0.4) is 0 Å². The fourth-order valence-electron chi connectivity index (χ4n) is 0.823. The number of hydrogen-bond donors (Lipinski definition) is 2. The molecule has 2 nitrogen and oxygen atoms in total. The van der Waals surface area contributed by atoms with Gasteiger partial charge in [0.1, 0.15) is 0 Å². The third-order valence-corrected chi connectivity index (χ3v) is 2.37.